The number of nitrogens with one attached hydrogen (secondary N) is 2. The third kappa shape index (κ3) is 4.31. The summed E-state index contributed by atoms with van der Waals surface area (Å²) in [7, 11) is 0. The number of likely N-dealkylation sites (tertiary alicyclic amines) is 1. The predicted octanol–water partition coefficient (Wildman–Crippen LogP) is 1.26. The maximum Gasteiger partial charge on any atom is 0.251 e. The summed E-state index contributed by atoms with van der Waals surface area (Å²) in [6.45, 7) is 6.52. The quantitative estimate of drug-likeness (QED) is 0.754. The molecule has 1 aliphatic carbocycles. The first-order valence-corrected chi connectivity index (χ1v) is 9.03. The van der Waals surface area contributed by atoms with Crippen LogP contribution in [-0.4, -0.2) is 48.3 Å². The highest BCUT2D eigenvalue weighted by Gasteiger charge is 2.44. The van der Waals surface area contributed by atoms with Gasteiger partial charge in [-0.1, -0.05) is 24.3 Å². The zero-order valence-corrected chi connectivity index (χ0v) is 15.0. The molecular formula is C20H25N3O3. The fraction of sp³-hybridized carbons (Fsp3) is 0.450. The van der Waals surface area contributed by atoms with Crippen molar-refractivity contribution in [3.8, 4) is 0 Å². The molecule has 3 amide bonds. The van der Waals surface area contributed by atoms with E-state index < -0.39 is 0 Å². The second kappa shape index (κ2) is 7.72. The van der Waals surface area contributed by atoms with E-state index in [-0.39, 0.29) is 36.2 Å². The molecule has 0 unspecified atom stereocenters. The van der Waals surface area contributed by atoms with Crippen molar-refractivity contribution in [1.29, 1.82) is 0 Å². The Kier molecular flexibility index (Phi) is 5.40. The summed E-state index contributed by atoms with van der Waals surface area (Å²) in [5.74, 6) is 0.280. The number of benzene rings is 1. The predicted molar refractivity (Wildman–Crippen MR) is 98.4 cm³/mol. The first-order chi connectivity index (χ1) is 12.5. The summed E-state index contributed by atoms with van der Waals surface area (Å²) in [6, 6.07) is 7.18. The summed E-state index contributed by atoms with van der Waals surface area (Å²) < 4.78 is 0. The Bertz CT molecular complexity index is 710. The van der Waals surface area contributed by atoms with Crippen LogP contribution in [0.4, 0.5) is 0 Å². The molecule has 3 rings (SSSR count). The standard InChI is InChI=1S/C20H25N3O3/c1-3-18(24)22-17-12-23(11-16(17)14-8-9-14)19(25)10-21-20(26)15-6-4-13(2)5-7-15/h3-7,14,16-17H,1,8-12H2,2H3,(H,21,26)(H,22,24)/t16-,17+/m0/s1. The maximum absolute atomic E-state index is 12.5. The average Bonchev–Trinajstić information content (AvgIpc) is 3.40. The Hall–Kier alpha value is -2.63. The van der Waals surface area contributed by atoms with Crippen LogP contribution in [0.15, 0.2) is 36.9 Å². The molecule has 26 heavy (non-hydrogen) atoms. The van der Waals surface area contributed by atoms with Gasteiger partial charge in [0, 0.05) is 24.6 Å². The van der Waals surface area contributed by atoms with E-state index in [1.54, 1.807) is 17.0 Å². The van der Waals surface area contributed by atoms with Crippen molar-refractivity contribution in [2.24, 2.45) is 11.8 Å². The molecule has 1 heterocycles. The van der Waals surface area contributed by atoms with Gasteiger partial charge in [-0.15, -0.1) is 0 Å². The van der Waals surface area contributed by atoms with E-state index in [0.717, 1.165) is 18.4 Å². The molecule has 1 aromatic rings. The lowest BCUT2D eigenvalue weighted by atomic mass is 9.98. The van der Waals surface area contributed by atoms with Crippen molar-refractivity contribution in [3.63, 3.8) is 0 Å². The van der Waals surface area contributed by atoms with Crippen molar-refractivity contribution in [2.75, 3.05) is 19.6 Å². The summed E-state index contributed by atoms with van der Waals surface area (Å²) in [4.78, 5) is 38.0. The van der Waals surface area contributed by atoms with Crippen LogP contribution < -0.4 is 10.6 Å². The number of rotatable bonds is 6. The Morgan fingerprint density at radius 1 is 1.19 bits per heavy atom. The Morgan fingerprint density at radius 3 is 2.50 bits per heavy atom. The van der Waals surface area contributed by atoms with Gasteiger partial charge in [-0.25, -0.2) is 0 Å². The van der Waals surface area contributed by atoms with Crippen LogP contribution in [-0.2, 0) is 9.59 Å². The molecule has 2 fully saturated rings. The molecule has 0 aromatic heterocycles. The molecule has 1 aliphatic heterocycles. The molecule has 6 nitrogen and oxygen atoms in total. The number of hydrogen-bond acceptors (Lipinski definition) is 3. The van der Waals surface area contributed by atoms with E-state index in [1.165, 1.54) is 6.08 Å². The number of amides is 3. The minimum absolute atomic E-state index is 0.0355. The first kappa shape index (κ1) is 18.2. The molecule has 2 aliphatic rings. The Balaban J connectivity index is 1.54. The van der Waals surface area contributed by atoms with Crippen LogP contribution >= 0.6 is 0 Å². The SMILES string of the molecule is C=CC(=O)N[C@@H]1CN(C(=O)CNC(=O)c2ccc(C)cc2)C[C@H]1C1CC1. The topological polar surface area (TPSA) is 78.5 Å². The Labute approximate surface area is 153 Å². The second-order valence-corrected chi connectivity index (χ2v) is 7.17. The smallest absolute Gasteiger partial charge is 0.251 e. The fourth-order valence-electron chi connectivity index (χ4n) is 3.50. The van der Waals surface area contributed by atoms with E-state index in [9.17, 15) is 14.4 Å². The minimum Gasteiger partial charge on any atom is -0.348 e. The lowest BCUT2D eigenvalue weighted by Gasteiger charge is -2.18. The molecule has 138 valence electrons. The van der Waals surface area contributed by atoms with Crippen molar-refractivity contribution >= 4 is 17.7 Å². The molecule has 2 atom stereocenters. The van der Waals surface area contributed by atoms with Crippen LogP contribution in [0.2, 0.25) is 0 Å². The van der Waals surface area contributed by atoms with Crippen LogP contribution in [0.25, 0.3) is 0 Å². The van der Waals surface area contributed by atoms with Crippen molar-refractivity contribution in [1.82, 2.24) is 15.5 Å². The van der Waals surface area contributed by atoms with Crippen molar-refractivity contribution in [3.05, 3.63) is 48.0 Å². The van der Waals surface area contributed by atoms with E-state index in [4.69, 9.17) is 0 Å². The van der Waals surface area contributed by atoms with Gasteiger partial charge in [-0.3, -0.25) is 14.4 Å². The third-order valence-electron chi connectivity index (χ3n) is 5.17. The van der Waals surface area contributed by atoms with Crippen LogP contribution in [0.1, 0.15) is 28.8 Å². The Morgan fingerprint density at radius 2 is 1.88 bits per heavy atom. The highest BCUT2D eigenvalue weighted by atomic mass is 16.2. The number of nitrogens with zero attached hydrogens (tertiary/aromatic N) is 1. The first-order valence-electron chi connectivity index (χ1n) is 9.03. The largest absolute Gasteiger partial charge is 0.348 e. The van der Waals surface area contributed by atoms with Crippen LogP contribution in [0.3, 0.4) is 0 Å². The molecule has 1 saturated heterocycles. The van der Waals surface area contributed by atoms with Gasteiger partial charge in [0.15, 0.2) is 0 Å². The normalized spacial score (nSPS) is 22.0. The number of carbonyl (C=O) groups excluding carboxylic acids is 3. The molecule has 6 heteroatoms. The van der Waals surface area contributed by atoms with Gasteiger partial charge < -0.3 is 15.5 Å². The highest BCUT2D eigenvalue weighted by molar-refractivity contribution is 5.96. The van der Waals surface area contributed by atoms with Crippen LogP contribution in [0, 0.1) is 18.8 Å². The molecular weight excluding hydrogens is 330 g/mol. The highest BCUT2D eigenvalue weighted by Crippen LogP contribution is 2.41. The fourth-order valence-corrected chi connectivity index (χ4v) is 3.50. The summed E-state index contributed by atoms with van der Waals surface area (Å²) in [5, 5.41) is 5.63. The zero-order chi connectivity index (χ0) is 18.7. The van der Waals surface area contributed by atoms with Gasteiger partial charge >= 0.3 is 0 Å². The second-order valence-electron chi connectivity index (χ2n) is 7.17. The van der Waals surface area contributed by atoms with E-state index in [1.807, 2.05) is 19.1 Å². The lowest BCUT2D eigenvalue weighted by molar-refractivity contribution is -0.129. The molecule has 1 saturated carbocycles. The summed E-state index contributed by atoms with van der Waals surface area (Å²) in [6.07, 6.45) is 3.56. The molecule has 2 N–H and O–H groups in total. The molecule has 1 aromatic carbocycles. The summed E-state index contributed by atoms with van der Waals surface area (Å²) in [5.41, 5.74) is 1.62. The number of aryl methyl sites for hydroxylation is 1. The van der Waals surface area contributed by atoms with E-state index in [2.05, 4.69) is 17.2 Å². The van der Waals surface area contributed by atoms with Gasteiger partial charge in [-0.05, 0) is 43.9 Å². The lowest BCUT2D eigenvalue weighted by Crippen LogP contribution is -2.42. The van der Waals surface area contributed by atoms with Crippen molar-refractivity contribution in [2.45, 2.75) is 25.8 Å². The van der Waals surface area contributed by atoms with E-state index in [0.29, 0.717) is 24.6 Å². The van der Waals surface area contributed by atoms with Crippen molar-refractivity contribution < 1.29 is 14.4 Å². The average molecular weight is 355 g/mol. The minimum atomic E-state index is -0.257. The van der Waals surface area contributed by atoms with Gasteiger partial charge in [0.05, 0.1) is 12.6 Å². The van der Waals surface area contributed by atoms with Crippen LogP contribution in [0.5, 0.6) is 0 Å². The van der Waals surface area contributed by atoms with Gasteiger partial charge in [-0.2, -0.15) is 0 Å². The van der Waals surface area contributed by atoms with Gasteiger partial charge in [0.1, 0.15) is 0 Å². The maximum atomic E-state index is 12.5. The number of carbonyl (C=O) groups is 3. The molecule has 0 spiro atoms. The zero-order valence-electron chi connectivity index (χ0n) is 15.0. The monoisotopic (exact) mass is 355 g/mol. The van der Waals surface area contributed by atoms with E-state index >= 15 is 0 Å². The number of hydrogen-bond donors (Lipinski definition) is 2. The van der Waals surface area contributed by atoms with Gasteiger partial charge in [0.25, 0.3) is 5.91 Å². The third-order valence-corrected chi connectivity index (χ3v) is 5.17. The summed E-state index contributed by atoms with van der Waals surface area (Å²) >= 11 is 0. The molecule has 0 radical (unpaired) electrons. The molecule has 0 bridgehead atoms. The van der Waals surface area contributed by atoms with Gasteiger partial charge in [0.2, 0.25) is 11.8 Å².